The first-order valence-electron chi connectivity index (χ1n) is 8.33. The van der Waals surface area contributed by atoms with E-state index in [0.29, 0.717) is 37.7 Å². The molecule has 5 nitrogen and oxygen atoms in total. The number of nitrogens with zero attached hydrogens (tertiary/aromatic N) is 1. The minimum Gasteiger partial charge on any atom is -0.486 e. The molecule has 0 amide bonds. The molecule has 0 aromatic heterocycles. The normalized spacial score (nSPS) is 20.3. The van der Waals surface area contributed by atoms with Gasteiger partial charge in [-0.3, -0.25) is 0 Å². The molecule has 8 heteroatoms. The van der Waals surface area contributed by atoms with E-state index in [1.165, 1.54) is 10.4 Å². The first-order valence-corrected chi connectivity index (χ1v) is 10.1. The fraction of sp³-hybridized carbons (Fsp3) is 0.333. The Morgan fingerprint density at radius 2 is 1.85 bits per heavy atom. The summed E-state index contributed by atoms with van der Waals surface area (Å²) in [6.07, 6.45) is 1.45. The third-order valence-corrected chi connectivity index (χ3v) is 6.85. The predicted octanol–water partition coefficient (Wildman–Crippen LogP) is 3.78. The van der Waals surface area contributed by atoms with Crippen LogP contribution in [0.2, 0.25) is 5.02 Å². The minimum atomic E-state index is -3.79. The van der Waals surface area contributed by atoms with E-state index < -0.39 is 15.8 Å². The van der Waals surface area contributed by atoms with Crippen LogP contribution in [0.1, 0.15) is 24.4 Å². The summed E-state index contributed by atoms with van der Waals surface area (Å²) >= 11 is 5.77. The van der Waals surface area contributed by atoms with Crippen molar-refractivity contribution >= 4 is 21.6 Å². The molecule has 1 unspecified atom stereocenters. The molecule has 2 heterocycles. The smallest absolute Gasteiger partial charge is 0.243 e. The van der Waals surface area contributed by atoms with Gasteiger partial charge in [-0.05, 0) is 48.7 Å². The van der Waals surface area contributed by atoms with Gasteiger partial charge in [0.1, 0.15) is 19.0 Å². The SMILES string of the molecule is O=S(=O)(c1ccc(F)c(Cl)c1)N1CCCC1c1ccc2c(c1)OCCO2. The number of rotatable bonds is 3. The summed E-state index contributed by atoms with van der Waals surface area (Å²) in [5, 5.41) is -0.207. The van der Waals surface area contributed by atoms with Gasteiger partial charge < -0.3 is 9.47 Å². The minimum absolute atomic E-state index is 0.00616. The van der Waals surface area contributed by atoms with Crippen molar-refractivity contribution in [2.24, 2.45) is 0 Å². The number of ether oxygens (including phenoxy) is 2. The highest BCUT2D eigenvalue weighted by molar-refractivity contribution is 7.89. The van der Waals surface area contributed by atoms with Gasteiger partial charge in [0, 0.05) is 6.54 Å². The molecule has 0 aliphatic carbocycles. The Morgan fingerprint density at radius 3 is 2.62 bits per heavy atom. The molecule has 0 spiro atoms. The first-order chi connectivity index (χ1) is 12.5. The predicted molar refractivity (Wildman–Crippen MR) is 94.7 cm³/mol. The van der Waals surface area contributed by atoms with Gasteiger partial charge >= 0.3 is 0 Å². The van der Waals surface area contributed by atoms with Crippen LogP contribution in [-0.2, 0) is 10.0 Å². The molecule has 2 aromatic carbocycles. The molecule has 2 aliphatic rings. The van der Waals surface area contributed by atoms with Crippen LogP contribution in [0, 0.1) is 5.82 Å². The molecule has 138 valence electrons. The Hall–Kier alpha value is -1.83. The lowest BCUT2D eigenvalue weighted by Gasteiger charge is -2.26. The van der Waals surface area contributed by atoms with Gasteiger partial charge in [-0.25, -0.2) is 12.8 Å². The van der Waals surface area contributed by atoms with Gasteiger partial charge in [-0.15, -0.1) is 0 Å². The van der Waals surface area contributed by atoms with Crippen molar-refractivity contribution in [1.29, 1.82) is 0 Å². The van der Waals surface area contributed by atoms with Crippen LogP contribution in [0.25, 0.3) is 0 Å². The van der Waals surface area contributed by atoms with Crippen molar-refractivity contribution in [2.45, 2.75) is 23.8 Å². The first kappa shape index (κ1) is 17.6. The zero-order valence-electron chi connectivity index (χ0n) is 13.8. The van der Waals surface area contributed by atoms with E-state index in [9.17, 15) is 12.8 Å². The summed E-state index contributed by atoms with van der Waals surface area (Å²) in [4.78, 5) is -0.00616. The number of halogens is 2. The van der Waals surface area contributed by atoms with Crippen LogP contribution in [-0.4, -0.2) is 32.5 Å². The fourth-order valence-corrected chi connectivity index (χ4v) is 5.36. The van der Waals surface area contributed by atoms with E-state index in [1.54, 1.807) is 0 Å². The monoisotopic (exact) mass is 397 g/mol. The molecule has 0 radical (unpaired) electrons. The number of benzene rings is 2. The van der Waals surface area contributed by atoms with Gasteiger partial charge in [0.05, 0.1) is 16.0 Å². The Bertz CT molecular complexity index is 950. The third-order valence-electron chi connectivity index (χ3n) is 4.65. The molecule has 4 rings (SSSR count). The fourth-order valence-electron chi connectivity index (χ4n) is 3.40. The summed E-state index contributed by atoms with van der Waals surface area (Å²) in [5.41, 5.74) is 0.850. The Morgan fingerprint density at radius 1 is 1.08 bits per heavy atom. The molecule has 1 saturated heterocycles. The highest BCUT2D eigenvalue weighted by Gasteiger charge is 2.37. The van der Waals surface area contributed by atoms with Gasteiger partial charge in [-0.1, -0.05) is 17.7 Å². The second kappa shape index (κ2) is 6.72. The number of hydrogen-bond donors (Lipinski definition) is 0. The topological polar surface area (TPSA) is 55.8 Å². The largest absolute Gasteiger partial charge is 0.486 e. The summed E-state index contributed by atoms with van der Waals surface area (Å²) in [5.74, 6) is 0.649. The van der Waals surface area contributed by atoms with Crippen LogP contribution in [0.3, 0.4) is 0 Å². The van der Waals surface area contributed by atoms with Gasteiger partial charge in [0.2, 0.25) is 10.0 Å². The van der Waals surface area contributed by atoms with Gasteiger partial charge in [-0.2, -0.15) is 4.31 Å². The van der Waals surface area contributed by atoms with Crippen molar-refractivity contribution in [1.82, 2.24) is 4.31 Å². The molecular weight excluding hydrogens is 381 g/mol. The Balaban J connectivity index is 1.69. The zero-order valence-corrected chi connectivity index (χ0v) is 15.4. The van der Waals surface area contributed by atoms with Crippen LogP contribution < -0.4 is 9.47 Å². The maximum atomic E-state index is 13.4. The molecule has 0 saturated carbocycles. The van der Waals surface area contributed by atoms with E-state index in [1.807, 2.05) is 18.2 Å². The second-order valence-corrected chi connectivity index (χ2v) is 8.55. The summed E-state index contributed by atoms with van der Waals surface area (Å²) in [6, 6.07) is 8.68. The number of fused-ring (bicyclic) bond motifs is 1. The van der Waals surface area contributed by atoms with Gasteiger partial charge in [0.15, 0.2) is 11.5 Å². The highest BCUT2D eigenvalue weighted by Crippen LogP contribution is 2.40. The molecule has 2 aliphatic heterocycles. The van der Waals surface area contributed by atoms with E-state index in [0.717, 1.165) is 24.1 Å². The van der Waals surface area contributed by atoms with E-state index in [4.69, 9.17) is 21.1 Å². The maximum Gasteiger partial charge on any atom is 0.243 e. The van der Waals surface area contributed by atoms with Crippen molar-refractivity contribution < 1.29 is 22.3 Å². The van der Waals surface area contributed by atoms with Crippen molar-refractivity contribution in [2.75, 3.05) is 19.8 Å². The zero-order chi connectivity index (χ0) is 18.3. The van der Waals surface area contributed by atoms with Crippen molar-refractivity contribution in [3.8, 4) is 11.5 Å². The lowest BCUT2D eigenvalue weighted by Crippen LogP contribution is -2.30. The number of hydrogen-bond acceptors (Lipinski definition) is 4. The van der Waals surface area contributed by atoms with Crippen LogP contribution >= 0.6 is 11.6 Å². The molecule has 2 aromatic rings. The lowest BCUT2D eigenvalue weighted by molar-refractivity contribution is 0.171. The van der Waals surface area contributed by atoms with Crippen molar-refractivity contribution in [3.05, 3.63) is 52.8 Å². The third kappa shape index (κ3) is 3.04. The quantitative estimate of drug-likeness (QED) is 0.791. The maximum absolute atomic E-state index is 13.4. The summed E-state index contributed by atoms with van der Waals surface area (Å²) in [7, 11) is -3.79. The molecule has 0 bridgehead atoms. The summed E-state index contributed by atoms with van der Waals surface area (Å²) < 4.78 is 52.1. The summed E-state index contributed by atoms with van der Waals surface area (Å²) in [6.45, 7) is 1.37. The molecule has 1 atom stereocenters. The van der Waals surface area contributed by atoms with E-state index in [2.05, 4.69) is 0 Å². The highest BCUT2D eigenvalue weighted by atomic mass is 35.5. The van der Waals surface area contributed by atoms with Crippen LogP contribution in [0.4, 0.5) is 4.39 Å². The van der Waals surface area contributed by atoms with Gasteiger partial charge in [0.25, 0.3) is 0 Å². The molecular formula is C18H17ClFNO4S. The number of sulfonamides is 1. The Labute approximate surface area is 156 Å². The van der Waals surface area contributed by atoms with E-state index >= 15 is 0 Å². The van der Waals surface area contributed by atoms with E-state index in [-0.39, 0.29) is 16.0 Å². The standard InChI is InChI=1S/C18H17ClFNO4S/c19-14-11-13(4-5-15(14)20)26(22,23)21-7-1-2-16(21)12-3-6-17-18(10-12)25-9-8-24-17/h3-6,10-11,16H,1-2,7-9H2. The second-order valence-electron chi connectivity index (χ2n) is 6.25. The van der Waals surface area contributed by atoms with Crippen LogP contribution in [0.5, 0.6) is 11.5 Å². The Kier molecular flexibility index (Phi) is 4.54. The van der Waals surface area contributed by atoms with Crippen molar-refractivity contribution in [3.63, 3.8) is 0 Å². The molecule has 0 N–H and O–H groups in total. The average molecular weight is 398 g/mol. The molecule has 1 fully saturated rings. The average Bonchev–Trinajstić information content (AvgIpc) is 3.14. The van der Waals surface area contributed by atoms with Crippen LogP contribution in [0.15, 0.2) is 41.3 Å². The molecule has 26 heavy (non-hydrogen) atoms. The lowest BCUT2D eigenvalue weighted by atomic mass is 10.0.